The van der Waals surface area contributed by atoms with E-state index in [0.717, 1.165) is 5.56 Å². The molecular formula is C13H16ClNO3. The van der Waals surface area contributed by atoms with Gasteiger partial charge in [0.1, 0.15) is 6.04 Å². The smallest absolute Gasteiger partial charge is 0.326 e. The highest BCUT2D eigenvalue weighted by atomic mass is 35.5. The van der Waals surface area contributed by atoms with E-state index in [4.69, 9.17) is 16.7 Å². The van der Waals surface area contributed by atoms with Crippen molar-refractivity contribution in [1.82, 2.24) is 4.90 Å². The maximum Gasteiger partial charge on any atom is 0.326 e. The number of hydrogen-bond acceptors (Lipinski definition) is 2. The predicted molar refractivity (Wildman–Crippen MR) is 69.4 cm³/mol. The minimum atomic E-state index is -1.02. The fourth-order valence-electron chi connectivity index (χ4n) is 1.58. The molecule has 1 aromatic carbocycles. The molecule has 98 valence electrons. The van der Waals surface area contributed by atoms with Gasteiger partial charge in [-0.05, 0) is 12.5 Å². The number of nitrogens with zero attached hydrogens (tertiary/aromatic N) is 1. The molecule has 1 atom stereocenters. The van der Waals surface area contributed by atoms with E-state index in [1.807, 2.05) is 30.3 Å². The minimum Gasteiger partial charge on any atom is -0.480 e. The summed E-state index contributed by atoms with van der Waals surface area (Å²) < 4.78 is 0. The van der Waals surface area contributed by atoms with Gasteiger partial charge in [0, 0.05) is 18.8 Å². The van der Waals surface area contributed by atoms with E-state index in [-0.39, 0.29) is 24.8 Å². The normalized spacial score (nSPS) is 11.9. The quantitative estimate of drug-likeness (QED) is 0.805. The monoisotopic (exact) mass is 269 g/mol. The van der Waals surface area contributed by atoms with Crippen LogP contribution in [0.4, 0.5) is 0 Å². The Morgan fingerprint density at radius 2 is 1.94 bits per heavy atom. The second kappa shape index (κ2) is 7.01. The summed E-state index contributed by atoms with van der Waals surface area (Å²) in [7, 11) is 0. The van der Waals surface area contributed by atoms with Crippen molar-refractivity contribution in [2.45, 2.75) is 25.9 Å². The van der Waals surface area contributed by atoms with Crippen LogP contribution in [0.3, 0.4) is 0 Å². The van der Waals surface area contributed by atoms with Crippen LogP contribution in [0.15, 0.2) is 30.3 Å². The number of amides is 1. The molecule has 1 aromatic rings. The summed E-state index contributed by atoms with van der Waals surface area (Å²) in [4.78, 5) is 24.2. The Bertz CT molecular complexity index is 408. The van der Waals surface area contributed by atoms with Crippen LogP contribution < -0.4 is 0 Å². The highest BCUT2D eigenvalue weighted by Gasteiger charge is 2.24. The van der Waals surface area contributed by atoms with Crippen molar-refractivity contribution in [3.8, 4) is 0 Å². The van der Waals surface area contributed by atoms with Crippen LogP contribution >= 0.6 is 11.6 Å². The number of rotatable bonds is 6. The highest BCUT2D eigenvalue weighted by molar-refractivity contribution is 6.18. The standard InChI is InChI=1S/C13H16ClNO3/c1-10(13(17)18)15(12(16)7-8-14)9-11-5-3-2-4-6-11/h2-6,10H,7-9H2,1H3,(H,17,18). The second-order valence-corrected chi connectivity index (χ2v) is 4.34. The van der Waals surface area contributed by atoms with E-state index in [1.165, 1.54) is 11.8 Å². The van der Waals surface area contributed by atoms with E-state index in [0.29, 0.717) is 0 Å². The van der Waals surface area contributed by atoms with Gasteiger partial charge in [0.05, 0.1) is 0 Å². The van der Waals surface area contributed by atoms with Crippen molar-refractivity contribution in [2.24, 2.45) is 0 Å². The van der Waals surface area contributed by atoms with Gasteiger partial charge < -0.3 is 10.0 Å². The number of carboxylic acid groups (broad SMARTS) is 1. The van der Waals surface area contributed by atoms with E-state index in [1.54, 1.807) is 0 Å². The molecule has 18 heavy (non-hydrogen) atoms. The number of halogens is 1. The van der Waals surface area contributed by atoms with Crippen molar-refractivity contribution in [2.75, 3.05) is 5.88 Å². The summed E-state index contributed by atoms with van der Waals surface area (Å²) in [5, 5.41) is 9.02. The molecule has 0 aliphatic heterocycles. The predicted octanol–water partition coefficient (Wildman–Crippen LogP) is 2.12. The molecule has 1 amide bonds. The topological polar surface area (TPSA) is 57.6 Å². The van der Waals surface area contributed by atoms with Gasteiger partial charge in [0.15, 0.2) is 0 Å². The molecule has 0 saturated carbocycles. The number of alkyl halides is 1. The molecule has 0 aliphatic carbocycles. The first-order valence-corrected chi connectivity index (χ1v) is 6.22. The van der Waals surface area contributed by atoms with Gasteiger partial charge in [-0.2, -0.15) is 0 Å². The van der Waals surface area contributed by atoms with Gasteiger partial charge in [-0.15, -0.1) is 11.6 Å². The molecule has 1 unspecified atom stereocenters. The van der Waals surface area contributed by atoms with E-state index < -0.39 is 12.0 Å². The number of carbonyl (C=O) groups is 2. The third-order valence-corrected chi connectivity index (χ3v) is 2.84. The zero-order valence-electron chi connectivity index (χ0n) is 10.2. The molecular weight excluding hydrogens is 254 g/mol. The zero-order valence-corrected chi connectivity index (χ0v) is 10.9. The van der Waals surface area contributed by atoms with Gasteiger partial charge in [-0.25, -0.2) is 4.79 Å². The molecule has 4 nitrogen and oxygen atoms in total. The van der Waals surface area contributed by atoms with Gasteiger partial charge in [0.25, 0.3) is 0 Å². The lowest BCUT2D eigenvalue weighted by Gasteiger charge is -2.26. The van der Waals surface area contributed by atoms with Crippen LogP contribution in [0, 0.1) is 0 Å². The molecule has 0 aliphatic rings. The Morgan fingerprint density at radius 3 is 2.44 bits per heavy atom. The number of hydrogen-bond donors (Lipinski definition) is 1. The van der Waals surface area contributed by atoms with Crippen molar-refractivity contribution >= 4 is 23.5 Å². The van der Waals surface area contributed by atoms with E-state index >= 15 is 0 Å². The molecule has 0 aromatic heterocycles. The van der Waals surface area contributed by atoms with Crippen LogP contribution in [-0.2, 0) is 16.1 Å². The highest BCUT2D eigenvalue weighted by Crippen LogP contribution is 2.11. The van der Waals surface area contributed by atoms with Gasteiger partial charge in [0.2, 0.25) is 5.91 Å². The molecule has 1 N–H and O–H groups in total. The first kappa shape index (κ1) is 14.5. The number of aliphatic carboxylic acids is 1. The average molecular weight is 270 g/mol. The first-order valence-electron chi connectivity index (χ1n) is 5.68. The molecule has 0 spiro atoms. The molecule has 0 bridgehead atoms. The molecule has 1 rings (SSSR count). The Balaban J connectivity index is 2.84. The Hall–Kier alpha value is -1.55. The lowest BCUT2D eigenvalue weighted by Crippen LogP contribution is -2.42. The van der Waals surface area contributed by atoms with E-state index in [9.17, 15) is 9.59 Å². The third kappa shape index (κ3) is 4.04. The van der Waals surface area contributed by atoms with Gasteiger partial charge >= 0.3 is 5.97 Å². The number of carbonyl (C=O) groups excluding carboxylic acids is 1. The lowest BCUT2D eigenvalue weighted by molar-refractivity contribution is -0.149. The Kier molecular flexibility index (Phi) is 5.65. The van der Waals surface area contributed by atoms with Crippen molar-refractivity contribution in [1.29, 1.82) is 0 Å². The summed E-state index contributed by atoms with van der Waals surface area (Å²) in [6, 6.07) is 8.43. The summed E-state index contributed by atoms with van der Waals surface area (Å²) in [6.07, 6.45) is 0.145. The largest absolute Gasteiger partial charge is 0.480 e. The van der Waals surface area contributed by atoms with Crippen LogP contribution in [0.2, 0.25) is 0 Å². The Morgan fingerprint density at radius 1 is 1.33 bits per heavy atom. The second-order valence-electron chi connectivity index (χ2n) is 3.96. The average Bonchev–Trinajstić information content (AvgIpc) is 2.36. The molecule has 0 fully saturated rings. The van der Waals surface area contributed by atoms with Crippen molar-refractivity contribution in [3.63, 3.8) is 0 Å². The third-order valence-electron chi connectivity index (χ3n) is 2.65. The fourth-order valence-corrected chi connectivity index (χ4v) is 1.74. The van der Waals surface area contributed by atoms with E-state index in [2.05, 4.69) is 0 Å². The van der Waals surface area contributed by atoms with Crippen molar-refractivity contribution in [3.05, 3.63) is 35.9 Å². The van der Waals surface area contributed by atoms with Gasteiger partial charge in [-0.1, -0.05) is 30.3 Å². The molecule has 5 heteroatoms. The number of carboxylic acids is 1. The SMILES string of the molecule is CC(C(=O)O)N(Cc1ccccc1)C(=O)CCCl. The summed E-state index contributed by atoms with van der Waals surface area (Å²) in [5.41, 5.74) is 0.897. The van der Waals surface area contributed by atoms with Crippen molar-refractivity contribution < 1.29 is 14.7 Å². The van der Waals surface area contributed by atoms with Gasteiger partial charge in [-0.3, -0.25) is 4.79 Å². The molecule has 0 radical (unpaired) electrons. The maximum atomic E-state index is 11.9. The molecule has 0 heterocycles. The maximum absolute atomic E-state index is 11.9. The van der Waals surface area contributed by atoms with Crippen LogP contribution in [0.1, 0.15) is 18.9 Å². The van der Waals surface area contributed by atoms with Crippen LogP contribution in [0.5, 0.6) is 0 Å². The van der Waals surface area contributed by atoms with Crippen LogP contribution in [-0.4, -0.2) is 33.8 Å². The summed E-state index contributed by atoms with van der Waals surface area (Å²) >= 11 is 5.53. The van der Waals surface area contributed by atoms with Crippen LogP contribution in [0.25, 0.3) is 0 Å². The fraction of sp³-hybridized carbons (Fsp3) is 0.385. The zero-order chi connectivity index (χ0) is 13.5. The summed E-state index contributed by atoms with van der Waals surface area (Å²) in [5.74, 6) is -1.08. The summed E-state index contributed by atoms with van der Waals surface area (Å²) in [6.45, 7) is 1.78. The lowest BCUT2D eigenvalue weighted by atomic mass is 10.1. The minimum absolute atomic E-state index is 0.145. The first-order chi connectivity index (χ1) is 8.56. The Labute approximate surface area is 111 Å². The molecule has 0 saturated heterocycles. The number of benzene rings is 1.